The first kappa shape index (κ1) is 15.8. The van der Waals surface area contributed by atoms with Gasteiger partial charge in [-0.15, -0.1) is 0 Å². The Bertz CT molecular complexity index is 521. The molecule has 0 saturated heterocycles. The van der Waals surface area contributed by atoms with Gasteiger partial charge in [-0.2, -0.15) is 5.10 Å². The Kier molecular flexibility index (Phi) is 4.51. The molecular formula is C14H24N4O3. The minimum Gasteiger partial charge on any atom is -0.385 e. The van der Waals surface area contributed by atoms with Crippen LogP contribution in [0, 0.1) is 15.5 Å². The quantitative estimate of drug-likeness (QED) is 0.589. The Balaban J connectivity index is 2.15. The van der Waals surface area contributed by atoms with Crippen LogP contribution in [0.2, 0.25) is 0 Å². The highest BCUT2D eigenvalue weighted by Gasteiger charge is 2.42. The summed E-state index contributed by atoms with van der Waals surface area (Å²) >= 11 is 0. The lowest BCUT2D eigenvalue weighted by Gasteiger charge is -2.16. The summed E-state index contributed by atoms with van der Waals surface area (Å²) in [5.41, 5.74) is 0.869. The summed E-state index contributed by atoms with van der Waals surface area (Å²) in [6.45, 7) is 5.29. The first-order chi connectivity index (χ1) is 9.90. The molecule has 1 aliphatic carbocycles. The van der Waals surface area contributed by atoms with Crippen molar-refractivity contribution in [2.75, 3.05) is 25.6 Å². The van der Waals surface area contributed by atoms with Gasteiger partial charge >= 0.3 is 5.69 Å². The first-order valence-corrected chi connectivity index (χ1v) is 7.34. The molecule has 0 aromatic carbocycles. The maximum Gasteiger partial charge on any atom is 0.334 e. The van der Waals surface area contributed by atoms with Crippen LogP contribution in [0.15, 0.2) is 0 Å². The van der Waals surface area contributed by atoms with Crippen molar-refractivity contribution in [1.82, 2.24) is 9.78 Å². The van der Waals surface area contributed by atoms with E-state index in [-0.39, 0.29) is 21.9 Å². The van der Waals surface area contributed by atoms with Crippen molar-refractivity contribution in [2.45, 2.75) is 39.0 Å². The van der Waals surface area contributed by atoms with Gasteiger partial charge in [0.15, 0.2) is 0 Å². The first-order valence-electron chi connectivity index (χ1n) is 7.34. The lowest BCUT2D eigenvalue weighted by Crippen LogP contribution is -2.19. The summed E-state index contributed by atoms with van der Waals surface area (Å²) in [7, 11) is 3.44. The average molecular weight is 296 g/mol. The number of rotatable bonds is 8. The van der Waals surface area contributed by atoms with E-state index in [2.05, 4.69) is 10.4 Å². The number of ether oxygens (including phenoxy) is 1. The van der Waals surface area contributed by atoms with Crippen LogP contribution in [-0.4, -0.2) is 35.0 Å². The summed E-state index contributed by atoms with van der Waals surface area (Å²) in [6, 6.07) is 0. The van der Waals surface area contributed by atoms with Gasteiger partial charge in [0.2, 0.25) is 5.82 Å². The van der Waals surface area contributed by atoms with Crippen LogP contribution in [0.4, 0.5) is 11.5 Å². The number of methoxy groups -OCH3 is 1. The zero-order valence-corrected chi connectivity index (χ0v) is 13.2. The molecule has 1 aromatic heterocycles. The van der Waals surface area contributed by atoms with Crippen molar-refractivity contribution in [3.8, 4) is 0 Å². The Labute approximate surface area is 124 Å². The number of hydrogen-bond acceptors (Lipinski definition) is 5. The molecule has 0 aliphatic heterocycles. The molecule has 1 aromatic rings. The fourth-order valence-corrected chi connectivity index (χ4v) is 2.58. The highest BCUT2D eigenvalue weighted by Crippen LogP contribution is 2.49. The topological polar surface area (TPSA) is 82.2 Å². The van der Waals surface area contributed by atoms with Crippen LogP contribution in [0.1, 0.15) is 44.7 Å². The monoisotopic (exact) mass is 296 g/mol. The highest BCUT2D eigenvalue weighted by molar-refractivity contribution is 5.60. The molecule has 0 unspecified atom stereocenters. The average Bonchev–Trinajstić information content (AvgIpc) is 3.10. The van der Waals surface area contributed by atoms with Gasteiger partial charge in [0, 0.05) is 33.2 Å². The van der Waals surface area contributed by atoms with Crippen molar-refractivity contribution < 1.29 is 9.66 Å². The lowest BCUT2D eigenvalue weighted by atomic mass is 10.0. The van der Waals surface area contributed by atoms with E-state index in [4.69, 9.17) is 4.74 Å². The summed E-state index contributed by atoms with van der Waals surface area (Å²) < 4.78 is 6.72. The van der Waals surface area contributed by atoms with Gasteiger partial charge in [0.25, 0.3) is 0 Å². The highest BCUT2D eigenvalue weighted by atomic mass is 16.6. The number of anilines is 1. The molecule has 7 nitrogen and oxygen atoms in total. The Morgan fingerprint density at radius 3 is 2.67 bits per heavy atom. The van der Waals surface area contributed by atoms with E-state index in [1.807, 2.05) is 13.8 Å². The van der Waals surface area contributed by atoms with Gasteiger partial charge in [-0.3, -0.25) is 10.1 Å². The number of nitrogens with zero attached hydrogens (tertiary/aromatic N) is 3. The van der Waals surface area contributed by atoms with Gasteiger partial charge in [0.1, 0.15) is 5.69 Å². The summed E-state index contributed by atoms with van der Waals surface area (Å²) in [6.07, 6.45) is 3.28. The van der Waals surface area contributed by atoms with Gasteiger partial charge in [0.05, 0.1) is 4.92 Å². The zero-order valence-electron chi connectivity index (χ0n) is 13.2. The van der Waals surface area contributed by atoms with E-state index < -0.39 is 0 Å². The molecule has 21 heavy (non-hydrogen) atoms. The maximum atomic E-state index is 11.4. The molecule has 1 N–H and O–H groups in total. The normalized spacial score (nSPS) is 16.2. The molecule has 1 aliphatic rings. The second-order valence-corrected chi connectivity index (χ2v) is 6.21. The molecule has 1 fully saturated rings. The SMILES string of the molecule is COCCC1(CNc2c([N+](=O)[O-])c(C(C)C)nn2C)CC1. The summed E-state index contributed by atoms with van der Waals surface area (Å²) in [5.74, 6) is 0.530. The van der Waals surface area contributed by atoms with Crippen molar-refractivity contribution in [1.29, 1.82) is 0 Å². The Morgan fingerprint density at radius 1 is 1.52 bits per heavy atom. The standard InChI is InChI=1S/C14H24N4O3/c1-10(2)11-12(18(19)20)13(17(3)16-11)15-9-14(5-6-14)7-8-21-4/h10,15H,5-9H2,1-4H3. The molecule has 118 valence electrons. The molecule has 1 heterocycles. The van der Waals surface area contributed by atoms with Gasteiger partial charge in [-0.05, 0) is 24.7 Å². The smallest absolute Gasteiger partial charge is 0.334 e. The van der Waals surface area contributed by atoms with Crippen LogP contribution in [0.25, 0.3) is 0 Å². The van der Waals surface area contributed by atoms with E-state index in [9.17, 15) is 10.1 Å². The van der Waals surface area contributed by atoms with Gasteiger partial charge in [-0.1, -0.05) is 13.8 Å². The molecule has 0 amide bonds. The van der Waals surface area contributed by atoms with E-state index in [1.165, 1.54) is 0 Å². The fourth-order valence-electron chi connectivity index (χ4n) is 2.58. The van der Waals surface area contributed by atoms with Crippen LogP contribution in [0.3, 0.4) is 0 Å². The molecule has 0 bridgehead atoms. The zero-order chi connectivity index (χ0) is 15.6. The molecule has 0 spiro atoms. The summed E-state index contributed by atoms with van der Waals surface area (Å²) in [4.78, 5) is 11.0. The largest absolute Gasteiger partial charge is 0.385 e. The predicted octanol–water partition coefficient (Wildman–Crippen LogP) is 2.68. The van der Waals surface area contributed by atoms with Crippen molar-refractivity contribution in [3.05, 3.63) is 15.8 Å². The van der Waals surface area contributed by atoms with Gasteiger partial charge in [-0.25, -0.2) is 4.68 Å². The third-order valence-corrected chi connectivity index (χ3v) is 4.20. The molecular weight excluding hydrogens is 272 g/mol. The number of nitrogens with one attached hydrogen (secondary N) is 1. The van der Waals surface area contributed by atoms with Crippen LogP contribution in [0.5, 0.6) is 0 Å². The van der Waals surface area contributed by atoms with E-state index in [1.54, 1.807) is 18.8 Å². The van der Waals surface area contributed by atoms with Crippen molar-refractivity contribution in [3.63, 3.8) is 0 Å². The number of hydrogen-bond donors (Lipinski definition) is 1. The third kappa shape index (κ3) is 3.34. The molecule has 0 atom stereocenters. The maximum absolute atomic E-state index is 11.4. The van der Waals surface area contributed by atoms with Crippen molar-refractivity contribution in [2.24, 2.45) is 12.5 Å². The number of aryl methyl sites for hydroxylation is 1. The molecule has 1 saturated carbocycles. The second-order valence-electron chi connectivity index (χ2n) is 6.21. The summed E-state index contributed by atoms with van der Waals surface area (Å²) in [5, 5.41) is 18.9. The molecule has 2 rings (SSSR count). The van der Waals surface area contributed by atoms with Crippen LogP contribution in [-0.2, 0) is 11.8 Å². The number of aromatic nitrogens is 2. The van der Waals surface area contributed by atoms with E-state index in [0.29, 0.717) is 11.5 Å². The Morgan fingerprint density at radius 2 is 2.19 bits per heavy atom. The van der Waals surface area contributed by atoms with Gasteiger partial charge < -0.3 is 10.1 Å². The lowest BCUT2D eigenvalue weighted by molar-refractivity contribution is -0.384. The molecule has 7 heteroatoms. The minimum absolute atomic E-state index is 0.0236. The molecule has 0 radical (unpaired) electrons. The minimum atomic E-state index is -0.334. The predicted molar refractivity (Wildman–Crippen MR) is 80.6 cm³/mol. The van der Waals surface area contributed by atoms with E-state index in [0.717, 1.165) is 32.4 Å². The fraction of sp³-hybridized carbons (Fsp3) is 0.786. The second kappa shape index (κ2) is 6.01. The van der Waals surface area contributed by atoms with Crippen LogP contribution >= 0.6 is 0 Å². The Hall–Kier alpha value is -1.63. The van der Waals surface area contributed by atoms with E-state index >= 15 is 0 Å². The van der Waals surface area contributed by atoms with Crippen LogP contribution < -0.4 is 5.32 Å². The van der Waals surface area contributed by atoms with Crippen molar-refractivity contribution >= 4 is 11.5 Å². The third-order valence-electron chi connectivity index (χ3n) is 4.20. The number of nitro groups is 1.